The lowest BCUT2D eigenvalue weighted by Gasteiger charge is -2.14. The van der Waals surface area contributed by atoms with Crippen LogP contribution < -0.4 is 10.1 Å². The van der Waals surface area contributed by atoms with Crippen LogP contribution in [-0.2, 0) is 10.2 Å². The van der Waals surface area contributed by atoms with E-state index in [0.717, 1.165) is 11.3 Å². The minimum Gasteiger partial charge on any atom is -0.484 e. The summed E-state index contributed by atoms with van der Waals surface area (Å²) in [5.74, 6) is 0.962. The highest BCUT2D eigenvalue weighted by atomic mass is 16.5. The van der Waals surface area contributed by atoms with Crippen LogP contribution in [0.3, 0.4) is 0 Å². The molecule has 21 heavy (non-hydrogen) atoms. The zero-order chi connectivity index (χ0) is 15.5. The number of aryl methyl sites for hydroxylation is 1. The van der Waals surface area contributed by atoms with Crippen LogP contribution in [0.15, 0.2) is 30.3 Å². The quantitative estimate of drug-likeness (QED) is 0.908. The number of ether oxygens (including phenoxy) is 1. The van der Waals surface area contributed by atoms with E-state index in [-0.39, 0.29) is 17.9 Å². The fourth-order valence-corrected chi connectivity index (χ4v) is 1.80. The van der Waals surface area contributed by atoms with E-state index in [2.05, 4.69) is 36.3 Å². The summed E-state index contributed by atoms with van der Waals surface area (Å²) in [5.41, 5.74) is 2.03. The normalized spacial score (nSPS) is 11.2. The molecule has 0 saturated carbocycles. The monoisotopic (exact) mass is 287 g/mol. The standard InChI is InChI=1S/C16H21N3O2/c1-11-6-5-7-12(8-11)21-10-15(20)17-14-9-13(18-19-14)16(2,3)4/h5-9H,10H2,1-4H3,(H2,17,18,19,20). The topological polar surface area (TPSA) is 67.0 Å². The molecule has 1 heterocycles. The van der Waals surface area contributed by atoms with Gasteiger partial charge in [-0.25, -0.2) is 0 Å². The Hall–Kier alpha value is -2.30. The van der Waals surface area contributed by atoms with Gasteiger partial charge in [0.05, 0.1) is 0 Å². The van der Waals surface area contributed by atoms with Crippen molar-refractivity contribution < 1.29 is 9.53 Å². The maximum atomic E-state index is 11.8. The molecule has 2 rings (SSSR count). The number of anilines is 1. The molecule has 1 amide bonds. The Bertz CT molecular complexity index is 626. The number of nitrogens with one attached hydrogen (secondary N) is 2. The third kappa shape index (κ3) is 4.34. The van der Waals surface area contributed by atoms with Gasteiger partial charge in [-0.1, -0.05) is 32.9 Å². The summed E-state index contributed by atoms with van der Waals surface area (Å²) in [6.07, 6.45) is 0. The van der Waals surface area contributed by atoms with Crippen LogP contribution in [0.1, 0.15) is 32.0 Å². The number of hydrogen-bond acceptors (Lipinski definition) is 3. The molecule has 112 valence electrons. The van der Waals surface area contributed by atoms with Gasteiger partial charge in [0.15, 0.2) is 12.4 Å². The molecule has 0 atom stereocenters. The van der Waals surface area contributed by atoms with Gasteiger partial charge in [-0.3, -0.25) is 9.89 Å². The van der Waals surface area contributed by atoms with Crippen LogP contribution in [0, 0.1) is 6.92 Å². The van der Waals surface area contributed by atoms with E-state index in [4.69, 9.17) is 4.74 Å². The second-order valence-electron chi connectivity index (χ2n) is 6.07. The summed E-state index contributed by atoms with van der Waals surface area (Å²) < 4.78 is 5.44. The molecule has 1 aromatic carbocycles. The van der Waals surface area contributed by atoms with Crippen molar-refractivity contribution in [2.75, 3.05) is 11.9 Å². The number of hydrogen-bond donors (Lipinski definition) is 2. The van der Waals surface area contributed by atoms with Gasteiger partial charge < -0.3 is 10.1 Å². The third-order valence-corrected chi connectivity index (χ3v) is 3.01. The maximum Gasteiger partial charge on any atom is 0.263 e. The van der Waals surface area contributed by atoms with Crippen molar-refractivity contribution in [3.63, 3.8) is 0 Å². The summed E-state index contributed by atoms with van der Waals surface area (Å²) in [4.78, 5) is 11.8. The molecule has 1 aromatic heterocycles. The molecule has 0 unspecified atom stereocenters. The maximum absolute atomic E-state index is 11.8. The largest absolute Gasteiger partial charge is 0.484 e. The van der Waals surface area contributed by atoms with E-state index in [1.165, 1.54) is 0 Å². The van der Waals surface area contributed by atoms with Crippen molar-refractivity contribution in [2.24, 2.45) is 0 Å². The highest BCUT2D eigenvalue weighted by molar-refractivity contribution is 5.91. The lowest BCUT2D eigenvalue weighted by molar-refractivity contribution is -0.118. The van der Waals surface area contributed by atoms with Gasteiger partial charge in [0.25, 0.3) is 5.91 Å². The van der Waals surface area contributed by atoms with E-state index in [1.54, 1.807) is 0 Å². The minimum atomic E-state index is -0.233. The van der Waals surface area contributed by atoms with Gasteiger partial charge in [0.1, 0.15) is 5.75 Å². The Balaban J connectivity index is 1.89. The zero-order valence-electron chi connectivity index (χ0n) is 12.9. The number of carbonyl (C=O) groups excluding carboxylic acids is 1. The van der Waals surface area contributed by atoms with Crippen molar-refractivity contribution in [3.8, 4) is 5.75 Å². The fourth-order valence-electron chi connectivity index (χ4n) is 1.80. The number of H-pyrrole nitrogens is 1. The average Bonchev–Trinajstić information content (AvgIpc) is 2.85. The van der Waals surface area contributed by atoms with E-state index in [0.29, 0.717) is 11.6 Å². The SMILES string of the molecule is Cc1cccc(OCC(=O)Nc2cc(C(C)(C)C)[nH]n2)c1. The Labute approximate surface area is 124 Å². The number of benzene rings is 1. The fraction of sp³-hybridized carbons (Fsp3) is 0.375. The summed E-state index contributed by atoms with van der Waals surface area (Å²) in [5, 5.41) is 9.72. The molecule has 0 aliphatic rings. The Morgan fingerprint density at radius 2 is 2.10 bits per heavy atom. The second-order valence-corrected chi connectivity index (χ2v) is 6.07. The highest BCUT2D eigenvalue weighted by Crippen LogP contribution is 2.21. The predicted molar refractivity (Wildman–Crippen MR) is 82.6 cm³/mol. The molecule has 2 aromatic rings. The Morgan fingerprint density at radius 3 is 2.71 bits per heavy atom. The summed E-state index contributed by atoms with van der Waals surface area (Å²) in [6.45, 7) is 8.17. The molecule has 0 aliphatic heterocycles. The molecular formula is C16H21N3O2. The molecule has 2 N–H and O–H groups in total. The minimum absolute atomic E-state index is 0.0337. The first-order valence-corrected chi connectivity index (χ1v) is 6.90. The van der Waals surface area contributed by atoms with Gasteiger partial charge in [-0.05, 0) is 24.6 Å². The molecular weight excluding hydrogens is 266 g/mol. The average molecular weight is 287 g/mol. The van der Waals surface area contributed by atoms with Crippen molar-refractivity contribution in [3.05, 3.63) is 41.6 Å². The van der Waals surface area contributed by atoms with Crippen LogP contribution >= 0.6 is 0 Å². The number of amides is 1. The lowest BCUT2D eigenvalue weighted by atomic mass is 9.92. The number of nitrogens with zero attached hydrogens (tertiary/aromatic N) is 1. The van der Waals surface area contributed by atoms with Crippen LogP contribution in [0.2, 0.25) is 0 Å². The molecule has 0 fully saturated rings. The van der Waals surface area contributed by atoms with Crippen LogP contribution in [0.25, 0.3) is 0 Å². The van der Waals surface area contributed by atoms with E-state index in [9.17, 15) is 4.79 Å². The molecule has 0 spiro atoms. The van der Waals surface area contributed by atoms with Crippen LogP contribution in [0.4, 0.5) is 5.82 Å². The molecule has 0 radical (unpaired) electrons. The number of rotatable bonds is 4. The predicted octanol–water partition coefficient (Wildman–Crippen LogP) is 3.03. The van der Waals surface area contributed by atoms with Gasteiger partial charge >= 0.3 is 0 Å². The van der Waals surface area contributed by atoms with Gasteiger partial charge in [-0.2, -0.15) is 5.10 Å². The number of aromatic nitrogens is 2. The zero-order valence-corrected chi connectivity index (χ0v) is 12.9. The summed E-state index contributed by atoms with van der Waals surface area (Å²) in [7, 11) is 0. The molecule has 0 bridgehead atoms. The van der Waals surface area contributed by atoms with Crippen molar-refractivity contribution >= 4 is 11.7 Å². The Kier molecular flexibility index (Phi) is 4.31. The van der Waals surface area contributed by atoms with Crippen molar-refractivity contribution in [2.45, 2.75) is 33.1 Å². The number of carbonyl (C=O) groups is 1. The second kappa shape index (κ2) is 5.99. The smallest absolute Gasteiger partial charge is 0.263 e. The van der Waals surface area contributed by atoms with E-state index >= 15 is 0 Å². The van der Waals surface area contributed by atoms with Gasteiger partial charge in [0.2, 0.25) is 0 Å². The molecule has 0 saturated heterocycles. The van der Waals surface area contributed by atoms with Crippen LogP contribution in [-0.4, -0.2) is 22.7 Å². The van der Waals surface area contributed by atoms with Crippen molar-refractivity contribution in [1.82, 2.24) is 10.2 Å². The Morgan fingerprint density at radius 1 is 1.33 bits per heavy atom. The van der Waals surface area contributed by atoms with Crippen LogP contribution in [0.5, 0.6) is 5.75 Å². The van der Waals surface area contributed by atoms with Gasteiger partial charge in [0, 0.05) is 17.2 Å². The van der Waals surface area contributed by atoms with Crippen molar-refractivity contribution in [1.29, 1.82) is 0 Å². The first-order valence-electron chi connectivity index (χ1n) is 6.90. The van der Waals surface area contributed by atoms with E-state index < -0.39 is 0 Å². The summed E-state index contributed by atoms with van der Waals surface area (Å²) in [6, 6.07) is 9.42. The number of aromatic amines is 1. The first kappa shape index (κ1) is 15.1. The first-order chi connectivity index (χ1) is 9.84. The lowest BCUT2D eigenvalue weighted by Crippen LogP contribution is -2.20. The molecule has 5 heteroatoms. The van der Waals surface area contributed by atoms with Gasteiger partial charge in [-0.15, -0.1) is 0 Å². The molecule has 0 aliphatic carbocycles. The third-order valence-electron chi connectivity index (χ3n) is 3.01. The molecule has 5 nitrogen and oxygen atoms in total. The summed E-state index contributed by atoms with van der Waals surface area (Å²) >= 11 is 0. The highest BCUT2D eigenvalue weighted by Gasteiger charge is 2.17. The van der Waals surface area contributed by atoms with E-state index in [1.807, 2.05) is 37.3 Å².